The smallest absolute Gasteiger partial charge is 0.222 e. The fourth-order valence-corrected chi connectivity index (χ4v) is 2.70. The van der Waals surface area contributed by atoms with E-state index in [9.17, 15) is 4.79 Å². The number of hydrogen-bond donors (Lipinski definition) is 2. The van der Waals surface area contributed by atoms with Crippen molar-refractivity contribution in [3.8, 4) is 0 Å². The highest BCUT2D eigenvalue weighted by Gasteiger charge is 2.24. The van der Waals surface area contributed by atoms with E-state index in [0.717, 1.165) is 30.8 Å². The zero-order chi connectivity index (χ0) is 14.7. The maximum atomic E-state index is 12.2. The van der Waals surface area contributed by atoms with Crippen LogP contribution in [0.4, 0.5) is 0 Å². The van der Waals surface area contributed by atoms with Gasteiger partial charge in [-0.05, 0) is 18.4 Å². The summed E-state index contributed by atoms with van der Waals surface area (Å²) in [6, 6.07) is 9.33. The summed E-state index contributed by atoms with van der Waals surface area (Å²) in [7, 11) is 0. The van der Waals surface area contributed by atoms with E-state index in [1.165, 1.54) is 6.33 Å². The number of aromatic nitrogens is 3. The molecule has 21 heavy (non-hydrogen) atoms. The van der Waals surface area contributed by atoms with E-state index in [-0.39, 0.29) is 24.4 Å². The number of carbonyl (C=O) groups is 1. The van der Waals surface area contributed by atoms with Gasteiger partial charge in [0.15, 0.2) is 0 Å². The van der Waals surface area contributed by atoms with Crippen molar-refractivity contribution in [1.82, 2.24) is 20.1 Å². The van der Waals surface area contributed by atoms with Gasteiger partial charge in [0.2, 0.25) is 5.91 Å². The lowest BCUT2D eigenvalue weighted by molar-refractivity contribution is -0.122. The molecule has 1 amide bonds. The molecule has 2 aromatic rings. The van der Waals surface area contributed by atoms with Gasteiger partial charge in [0.05, 0.1) is 6.04 Å². The molecule has 0 spiro atoms. The predicted molar refractivity (Wildman–Crippen MR) is 78.1 cm³/mol. The van der Waals surface area contributed by atoms with E-state index in [0.29, 0.717) is 0 Å². The van der Waals surface area contributed by atoms with Gasteiger partial charge in [-0.1, -0.05) is 30.3 Å². The summed E-state index contributed by atoms with van der Waals surface area (Å²) in [6.07, 6.45) is 3.70. The molecule has 2 unspecified atom stereocenters. The number of fused-ring (bicyclic) bond motifs is 1. The third kappa shape index (κ3) is 3.11. The second kappa shape index (κ2) is 6.05. The van der Waals surface area contributed by atoms with Gasteiger partial charge in [0.1, 0.15) is 12.2 Å². The predicted octanol–water partition coefficient (Wildman–Crippen LogP) is 1.32. The van der Waals surface area contributed by atoms with Crippen molar-refractivity contribution in [3.05, 3.63) is 48.0 Å². The summed E-state index contributed by atoms with van der Waals surface area (Å²) in [4.78, 5) is 16.4. The first-order chi connectivity index (χ1) is 10.2. The Balaban J connectivity index is 1.61. The Labute approximate surface area is 123 Å². The van der Waals surface area contributed by atoms with E-state index in [4.69, 9.17) is 5.73 Å². The Hall–Kier alpha value is -2.21. The van der Waals surface area contributed by atoms with Crippen LogP contribution in [0.3, 0.4) is 0 Å². The summed E-state index contributed by atoms with van der Waals surface area (Å²) in [5.74, 6) is 0.788. The minimum absolute atomic E-state index is 0.0483. The highest BCUT2D eigenvalue weighted by molar-refractivity contribution is 5.77. The number of carbonyl (C=O) groups excluding carboxylic acids is 1. The van der Waals surface area contributed by atoms with Crippen molar-refractivity contribution in [3.63, 3.8) is 0 Å². The van der Waals surface area contributed by atoms with E-state index in [2.05, 4.69) is 15.4 Å². The maximum Gasteiger partial charge on any atom is 0.222 e. The summed E-state index contributed by atoms with van der Waals surface area (Å²) < 4.78 is 1.85. The third-order valence-corrected chi connectivity index (χ3v) is 3.79. The lowest BCUT2D eigenvalue weighted by Gasteiger charge is -2.23. The van der Waals surface area contributed by atoms with Crippen molar-refractivity contribution < 1.29 is 4.79 Å². The highest BCUT2D eigenvalue weighted by atomic mass is 16.1. The van der Waals surface area contributed by atoms with Crippen molar-refractivity contribution in [1.29, 1.82) is 0 Å². The maximum absolute atomic E-state index is 12.2. The number of benzene rings is 1. The fraction of sp³-hybridized carbons (Fsp3) is 0.400. The van der Waals surface area contributed by atoms with Crippen LogP contribution in [0.25, 0.3) is 0 Å². The molecule has 1 aliphatic heterocycles. The minimum atomic E-state index is -0.285. The standard InChI is InChI=1S/C15H19N5O/c16-12(11-5-2-1-3-6-11)9-14(21)19-13-7-4-8-20-15(13)17-10-18-20/h1-3,5-6,10,12-13H,4,7-9,16H2,(H,19,21). The molecule has 6 nitrogen and oxygen atoms in total. The van der Waals surface area contributed by atoms with Gasteiger partial charge in [0.25, 0.3) is 0 Å². The normalized spacial score (nSPS) is 18.8. The van der Waals surface area contributed by atoms with Crippen LogP contribution in [0, 0.1) is 0 Å². The lowest BCUT2D eigenvalue weighted by Crippen LogP contribution is -2.34. The highest BCUT2D eigenvalue weighted by Crippen LogP contribution is 2.22. The monoisotopic (exact) mass is 285 g/mol. The molecule has 1 aliphatic rings. The van der Waals surface area contributed by atoms with E-state index in [1.54, 1.807) is 0 Å². The van der Waals surface area contributed by atoms with Crippen LogP contribution in [-0.4, -0.2) is 20.7 Å². The molecule has 1 aromatic carbocycles. The molecule has 0 aliphatic carbocycles. The van der Waals surface area contributed by atoms with Gasteiger partial charge in [-0.15, -0.1) is 0 Å². The molecule has 0 saturated carbocycles. The molecule has 110 valence electrons. The van der Waals surface area contributed by atoms with Crippen molar-refractivity contribution in [2.75, 3.05) is 0 Å². The quantitative estimate of drug-likeness (QED) is 0.887. The van der Waals surface area contributed by atoms with Crippen LogP contribution in [0.1, 0.15) is 42.7 Å². The Bertz CT molecular complexity index is 610. The van der Waals surface area contributed by atoms with Crippen LogP contribution >= 0.6 is 0 Å². The van der Waals surface area contributed by atoms with Gasteiger partial charge in [-0.2, -0.15) is 5.10 Å². The van der Waals surface area contributed by atoms with Crippen molar-refractivity contribution in [2.24, 2.45) is 5.73 Å². The first-order valence-corrected chi connectivity index (χ1v) is 7.21. The molecule has 2 atom stereocenters. The molecular weight excluding hydrogens is 266 g/mol. The summed E-state index contributed by atoms with van der Waals surface area (Å²) in [5.41, 5.74) is 7.05. The SMILES string of the molecule is NC(CC(=O)NC1CCCn2ncnc21)c1ccccc1. The zero-order valence-electron chi connectivity index (χ0n) is 11.8. The average Bonchev–Trinajstić information content (AvgIpc) is 2.97. The zero-order valence-corrected chi connectivity index (χ0v) is 11.8. The number of nitrogens with zero attached hydrogens (tertiary/aromatic N) is 3. The van der Waals surface area contributed by atoms with Crippen LogP contribution in [0.15, 0.2) is 36.7 Å². The van der Waals surface area contributed by atoms with Gasteiger partial charge in [0, 0.05) is 19.0 Å². The molecule has 2 heterocycles. The summed E-state index contributed by atoms with van der Waals surface area (Å²) in [6.45, 7) is 0.866. The number of amides is 1. The molecule has 0 radical (unpaired) electrons. The van der Waals surface area contributed by atoms with Crippen LogP contribution < -0.4 is 11.1 Å². The lowest BCUT2D eigenvalue weighted by atomic mass is 10.0. The number of nitrogens with one attached hydrogen (secondary N) is 1. The van der Waals surface area contributed by atoms with Crippen LogP contribution in [0.2, 0.25) is 0 Å². The van der Waals surface area contributed by atoms with Crippen LogP contribution in [-0.2, 0) is 11.3 Å². The van der Waals surface area contributed by atoms with E-state index >= 15 is 0 Å². The molecule has 3 N–H and O–H groups in total. The fourth-order valence-electron chi connectivity index (χ4n) is 2.70. The first-order valence-electron chi connectivity index (χ1n) is 7.21. The van der Waals surface area contributed by atoms with Crippen molar-refractivity contribution >= 4 is 5.91 Å². The van der Waals surface area contributed by atoms with Crippen molar-refractivity contribution in [2.45, 2.75) is 37.9 Å². The van der Waals surface area contributed by atoms with Crippen LogP contribution in [0.5, 0.6) is 0 Å². The topological polar surface area (TPSA) is 85.8 Å². The number of aryl methyl sites for hydroxylation is 1. The molecular formula is C15H19N5O. The number of hydrogen-bond acceptors (Lipinski definition) is 4. The van der Waals surface area contributed by atoms with Gasteiger partial charge < -0.3 is 11.1 Å². The van der Waals surface area contributed by atoms with E-state index in [1.807, 2.05) is 35.0 Å². The minimum Gasteiger partial charge on any atom is -0.346 e. The largest absolute Gasteiger partial charge is 0.346 e. The summed E-state index contributed by atoms with van der Waals surface area (Å²) in [5, 5.41) is 7.17. The van der Waals surface area contributed by atoms with E-state index < -0.39 is 0 Å². The molecule has 6 heteroatoms. The third-order valence-electron chi connectivity index (χ3n) is 3.79. The number of rotatable bonds is 4. The molecule has 0 bridgehead atoms. The second-order valence-corrected chi connectivity index (χ2v) is 5.33. The Kier molecular flexibility index (Phi) is 3.96. The van der Waals surface area contributed by atoms with Gasteiger partial charge >= 0.3 is 0 Å². The average molecular weight is 285 g/mol. The van der Waals surface area contributed by atoms with Gasteiger partial charge in [-0.3, -0.25) is 4.79 Å². The summed E-state index contributed by atoms with van der Waals surface area (Å²) >= 11 is 0. The Morgan fingerprint density at radius 2 is 2.24 bits per heavy atom. The second-order valence-electron chi connectivity index (χ2n) is 5.33. The molecule has 0 saturated heterocycles. The molecule has 0 fully saturated rings. The molecule has 1 aromatic heterocycles. The first kappa shape index (κ1) is 13.8. The Morgan fingerprint density at radius 3 is 3.05 bits per heavy atom. The molecule has 3 rings (SSSR count). The van der Waals surface area contributed by atoms with Gasteiger partial charge in [-0.25, -0.2) is 9.67 Å². The number of nitrogens with two attached hydrogens (primary N) is 1. The Morgan fingerprint density at radius 1 is 1.43 bits per heavy atom.